The van der Waals surface area contributed by atoms with Crippen LogP contribution < -0.4 is 11.1 Å². The molecule has 5 atom stereocenters. The predicted molar refractivity (Wildman–Crippen MR) is 72.1 cm³/mol. The predicted octanol–water partition coefficient (Wildman–Crippen LogP) is 0.0532. The monoisotopic (exact) mass is 286 g/mol. The first-order chi connectivity index (χ1) is 8.99. The average Bonchev–Trinajstić information content (AvgIpc) is 3.00. The van der Waals surface area contributed by atoms with Crippen LogP contribution in [0.4, 0.5) is 0 Å². The molecule has 5 nitrogen and oxygen atoms in total. The Morgan fingerprint density at radius 1 is 1.21 bits per heavy atom. The zero-order chi connectivity index (χ0) is 13.6. The summed E-state index contributed by atoms with van der Waals surface area (Å²) in [5.74, 6) is 1.06. The topological polar surface area (TPSA) is 89.3 Å². The van der Waals surface area contributed by atoms with E-state index in [0.717, 1.165) is 25.7 Å². The van der Waals surface area contributed by atoms with Gasteiger partial charge in [-0.1, -0.05) is 0 Å². The van der Waals surface area contributed by atoms with Crippen molar-refractivity contribution < 1.29 is 13.2 Å². The molecular weight excluding hydrogens is 264 g/mol. The van der Waals surface area contributed by atoms with E-state index < -0.39 is 9.84 Å². The summed E-state index contributed by atoms with van der Waals surface area (Å²) in [6, 6.07) is -0.0288. The first-order valence-electron chi connectivity index (χ1n) is 7.24. The molecule has 3 aliphatic rings. The number of hydrogen-bond acceptors (Lipinski definition) is 4. The van der Waals surface area contributed by atoms with Gasteiger partial charge in [0.1, 0.15) is 0 Å². The highest BCUT2D eigenvalue weighted by Gasteiger charge is 2.49. The minimum absolute atomic E-state index is 0.0261. The van der Waals surface area contributed by atoms with Crippen LogP contribution in [-0.4, -0.2) is 37.9 Å². The molecule has 0 aromatic carbocycles. The number of nitrogens with one attached hydrogen (secondary N) is 1. The number of fused-ring (bicyclic) bond motifs is 2. The molecule has 2 bridgehead atoms. The first kappa shape index (κ1) is 13.4. The molecule has 3 rings (SSSR count). The van der Waals surface area contributed by atoms with Crippen LogP contribution in [0.15, 0.2) is 0 Å². The molecule has 2 aliphatic carbocycles. The van der Waals surface area contributed by atoms with E-state index in [2.05, 4.69) is 5.32 Å². The van der Waals surface area contributed by atoms with E-state index in [9.17, 15) is 13.2 Å². The van der Waals surface area contributed by atoms with Crippen LogP contribution in [0.5, 0.6) is 0 Å². The van der Waals surface area contributed by atoms with Crippen molar-refractivity contribution in [1.82, 2.24) is 5.32 Å². The number of nitrogens with two attached hydrogens (primary N) is 1. The largest absolute Gasteiger partial charge is 0.354 e. The van der Waals surface area contributed by atoms with Gasteiger partial charge in [0.25, 0.3) is 0 Å². The Labute approximate surface area is 114 Å². The van der Waals surface area contributed by atoms with Crippen molar-refractivity contribution in [1.29, 1.82) is 0 Å². The molecule has 0 aromatic rings. The van der Waals surface area contributed by atoms with Crippen LogP contribution in [0.2, 0.25) is 0 Å². The summed E-state index contributed by atoms with van der Waals surface area (Å²) in [6.45, 7) is 0.266. The van der Waals surface area contributed by atoms with Gasteiger partial charge in [0.05, 0.1) is 16.9 Å². The Hall–Kier alpha value is -0.620. The maximum absolute atomic E-state index is 12.2. The number of carbonyl (C=O) groups excluding carboxylic acids is 1. The standard InChI is InChI=1S/C13H22N2O3S/c14-12-9-4-3-8(6-9)11(12)13(16)15-7-10-2-1-5-19(10,17)18/h8-12H,1-7,14H2,(H,15,16). The van der Waals surface area contributed by atoms with Gasteiger partial charge in [-0.3, -0.25) is 4.79 Å². The van der Waals surface area contributed by atoms with Crippen molar-refractivity contribution in [2.24, 2.45) is 23.5 Å². The molecule has 5 unspecified atom stereocenters. The second kappa shape index (κ2) is 4.74. The lowest BCUT2D eigenvalue weighted by Gasteiger charge is -2.27. The number of amides is 1. The van der Waals surface area contributed by atoms with Gasteiger partial charge in [-0.15, -0.1) is 0 Å². The lowest BCUT2D eigenvalue weighted by atomic mass is 9.84. The lowest BCUT2D eigenvalue weighted by molar-refractivity contribution is -0.127. The molecule has 0 radical (unpaired) electrons. The number of sulfone groups is 1. The highest BCUT2D eigenvalue weighted by Crippen LogP contribution is 2.47. The summed E-state index contributed by atoms with van der Waals surface area (Å²) in [5, 5.41) is 2.46. The van der Waals surface area contributed by atoms with Gasteiger partial charge in [0.15, 0.2) is 9.84 Å². The van der Waals surface area contributed by atoms with Gasteiger partial charge < -0.3 is 11.1 Å². The second-order valence-electron chi connectivity index (χ2n) is 6.31. The normalized spacial score (nSPS) is 43.5. The second-order valence-corrected chi connectivity index (χ2v) is 8.71. The molecule has 0 spiro atoms. The Morgan fingerprint density at radius 2 is 1.95 bits per heavy atom. The zero-order valence-electron chi connectivity index (χ0n) is 11.0. The van der Waals surface area contributed by atoms with Gasteiger partial charge in [0, 0.05) is 12.6 Å². The van der Waals surface area contributed by atoms with E-state index in [1.807, 2.05) is 0 Å². The van der Waals surface area contributed by atoms with Gasteiger partial charge in [-0.2, -0.15) is 0 Å². The Balaban J connectivity index is 1.57. The summed E-state index contributed by atoms with van der Waals surface area (Å²) in [5.41, 5.74) is 6.12. The van der Waals surface area contributed by atoms with E-state index >= 15 is 0 Å². The summed E-state index contributed by atoms with van der Waals surface area (Å²) in [4.78, 5) is 12.2. The van der Waals surface area contributed by atoms with Crippen LogP contribution in [-0.2, 0) is 14.6 Å². The third-order valence-corrected chi connectivity index (χ3v) is 7.53. The minimum atomic E-state index is -2.98. The molecule has 6 heteroatoms. The Bertz CT molecular complexity index is 474. The molecule has 3 N–H and O–H groups in total. The van der Waals surface area contributed by atoms with E-state index in [1.54, 1.807) is 0 Å². The smallest absolute Gasteiger partial charge is 0.225 e. The fraction of sp³-hybridized carbons (Fsp3) is 0.923. The maximum atomic E-state index is 12.2. The molecule has 1 aliphatic heterocycles. The number of hydrogen-bond donors (Lipinski definition) is 2. The molecule has 2 saturated carbocycles. The summed E-state index contributed by atoms with van der Waals surface area (Å²) >= 11 is 0. The third kappa shape index (κ3) is 2.29. The van der Waals surface area contributed by atoms with Crippen molar-refractivity contribution in [2.45, 2.75) is 43.4 Å². The summed E-state index contributed by atoms with van der Waals surface area (Å²) in [7, 11) is -2.98. The van der Waals surface area contributed by atoms with Crippen molar-refractivity contribution in [3.63, 3.8) is 0 Å². The Morgan fingerprint density at radius 3 is 2.53 bits per heavy atom. The molecule has 3 fully saturated rings. The summed E-state index contributed by atoms with van der Waals surface area (Å²) in [6.07, 6.45) is 4.70. The highest BCUT2D eigenvalue weighted by molar-refractivity contribution is 7.92. The van der Waals surface area contributed by atoms with Crippen molar-refractivity contribution in [3.8, 4) is 0 Å². The average molecular weight is 286 g/mol. The number of carbonyl (C=O) groups is 1. The van der Waals surface area contributed by atoms with Crippen molar-refractivity contribution in [3.05, 3.63) is 0 Å². The van der Waals surface area contributed by atoms with Crippen LogP contribution in [0.3, 0.4) is 0 Å². The van der Waals surface area contributed by atoms with E-state index in [1.165, 1.54) is 0 Å². The first-order valence-corrected chi connectivity index (χ1v) is 8.95. The number of rotatable bonds is 3. The van der Waals surface area contributed by atoms with Gasteiger partial charge in [-0.25, -0.2) is 8.42 Å². The van der Waals surface area contributed by atoms with Crippen molar-refractivity contribution >= 4 is 15.7 Å². The fourth-order valence-corrected chi connectivity index (χ4v) is 5.91. The molecular formula is C13H22N2O3S. The van der Waals surface area contributed by atoms with Gasteiger partial charge in [0.2, 0.25) is 5.91 Å². The fourth-order valence-electron chi connectivity index (χ4n) is 4.14. The third-order valence-electron chi connectivity index (χ3n) is 5.25. The van der Waals surface area contributed by atoms with E-state index in [0.29, 0.717) is 18.3 Å². The lowest BCUT2D eigenvalue weighted by Crippen LogP contribution is -2.47. The van der Waals surface area contributed by atoms with E-state index in [4.69, 9.17) is 5.73 Å². The zero-order valence-corrected chi connectivity index (χ0v) is 11.9. The van der Waals surface area contributed by atoms with Gasteiger partial charge >= 0.3 is 0 Å². The maximum Gasteiger partial charge on any atom is 0.225 e. The molecule has 1 saturated heterocycles. The van der Waals surface area contributed by atoms with Crippen molar-refractivity contribution in [2.75, 3.05) is 12.3 Å². The van der Waals surface area contributed by atoms with Gasteiger partial charge in [-0.05, 0) is 43.9 Å². The highest BCUT2D eigenvalue weighted by atomic mass is 32.2. The quantitative estimate of drug-likeness (QED) is 0.767. The molecule has 108 valence electrons. The molecule has 19 heavy (non-hydrogen) atoms. The summed E-state index contributed by atoms with van der Waals surface area (Å²) < 4.78 is 23.4. The Kier molecular flexibility index (Phi) is 3.33. The molecule has 0 aromatic heterocycles. The minimum Gasteiger partial charge on any atom is -0.354 e. The van der Waals surface area contributed by atoms with E-state index in [-0.39, 0.29) is 35.4 Å². The van der Waals surface area contributed by atoms with Crippen LogP contribution >= 0.6 is 0 Å². The van der Waals surface area contributed by atoms with Crippen LogP contribution in [0, 0.1) is 17.8 Å². The SMILES string of the molecule is NC1C2CCC(C2)C1C(=O)NCC1CCCS1(=O)=O. The molecule has 1 amide bonds. The molecule has 1 heterocycles. The van der Waals surface area contributed by atoms with Crippen LogP contribution in [0.1, 0.15) is 32.1 Å². The van der Waals surface area contributed by atoms with Crippen LogP contribution in [0.25, 0.3) is 0 Å².